The minimum atomic E-state index is 0.199. The number of nitrogens with zero attached hydrogens (tertiary/aromatic N) is 2. The average molecular weight is 363 g/mol. The van der Waals surface area contributed by atoms with Crippen molar-refractivity contribution in [3.63, 3.8) is 0 Å². The summed E-state index contributed by atoms with van der Waals surface area (Å²) in [5, 5.41) is 0. The number of halogens is 1. The number of furan rings is 1. The van der Waals surface area contributed by atoms with Crippen molar-refractivity contribution in [2.24, 2.45) is 0 Å². The maximum Gasteiger partial charge on any atom is 0.227 e. The summed E-state index contributed by atoms with van der Waals surface area (Å²) in [6.45, 7) is 4.16. The van der Waals surface area contributed by atoms with E-state index in [1.54, 1.807) is 6.26 Å². The first-order chi connectivity index (χ1) is 10.7. The maximum absolute atomic E-state index is 12.4. The summed E-state index contributed by atoms with van der Waals surface area (Å²) in [5.41, 5.74) is 1.05. The van der Waals surface area contributed by atoms with Gasteiger partial charge in [0.2, 0.25) is 5.91 Å². The highest BCUT2D eigenvalue weighted by atomic mass is 79.9. The predicted octanol–water partition coefficient (Wildman–Crippen LogP) is 2.93. The third-order valence-corrected chi connectivity index (χ3v) is 4.76. The highest BCUT2D eigenvalue weighted by Crippen LogP contribution is 2.18. The van der Waals surface area contributed by atoms with E-state index >= 15 is 0 Å². The molecule has 0 spiro atoms. The van der Waals surface area contributed by atoms with E-state index in [0.717, 1.165) is 48.5 Å². The summed E-state index contributed by atoms with van der Waals surface area (Å²) < 4.78 is 6.38. The fraction of sp³-hybridized carbons (Fsp3) is 0.353. The van der Waals surface area contributed by atoms with Gasteiger partial charge in [-0.1, -0.05) is 34.1 Å². The molecule has 1 fully saturated rings. The molecule has 116 valence electrons. The van der Waals surface area contributed by atoms with Crippen LogP contribution >= 0.6 is 15.9 Å². The first-order valence-corrected chi connectivity index (χ1v) is 8.27. The summed E-state index contributed by atoms with van der Waals surface area (Å²) >= 11 is 3.50. The smallest absolute Gasteiger partial charge is 0.227 e. The molecule has 2 aromatic rings. The lowest BCUT2D eigenvalue weighted by atomic mass is 10.1. The van der Waals surface area contributed by atoms with E-state index in [4.69, 9.17) is 4.42 Å². The third-order valence-electron chi connectivity index (χ3n) is 3.98. The Bertz CT molecular complexity index is 619. The van der Waals surface area contributed by atoms with Crippen LogP contribution in [0, 0.1) is 0 Å². The molecule has 3 rings (SSSR count). The second-order valence-electron chi connectivity index (χ2n) is 5.50. The summed E-state index contributed by atoms with van der Waals surface area (Å²) in [6.07, 6.45) is 2.16. The zero-order valence-electron chi connectivity index (χ0n) is 12.4. The molecule has 1 aliphatic rings. The molecule has 0 unspecified atom stereocenters. The monoisotopic (exact) mass is 362 g/mol. The van der Waals surface area contributed by atoms with Gasteiger partial charge in [0, 0.05) is 30.7 Å². The van der Waals surface area contributed by atoms with Crippen molar-refractivity contribution in [2.75, 3.05) is 26.2 Å². The number of piperazine rings is 1. The Labute approximate surface area is 138 Å². The van der Waals surface area contributed by atoms with E-state index in [2.05, 4.69) is 20.8 Å². The molecule has 0 aliphatic carbocycles. The first-order valence-electron chi connectivity index (χ1n) is 7.48. The Morgan fingerprint density at radius 3 is 2.55 bits per heavy atom. The quantitative estimate of drug-likeness (QED) is 0.838. The van der Waals surface area contributed by atoms with E-state index in [0.29, 0.717) is 6.42 Å². The van der Waals surface area contributed by atoms with Gasteiger partial charge in [0.25, 0.3) is 0 Å². The van der Waals surface area contributed by atoms with Crippen molar-refractivity contribution in [3.8, 4) is 0 Å². The molecule has 1 aromatic heterocycles. The standard InChI is InChI=1S/C17H19BrN2O2/c18-16-6-2-1-4-14(16)12-17(21)20-9-7-19(8-10-20)13-15-5-3-11-22-15/h1-6,11H,7-10,12-13H2. The van der Waals surface area contributed by atoms with Crippen LogP contribution in [0.4, 0.5) is 0 Å². The summed E-state index contributed by atoms with van der Waals surface area (Å²) in [4.78, 5) is 16.7. The Hall–Kier alpha value is -1.59. The Morgan fingerprint density at radius 2 is 1.86 bits per heavy atom. The fourth-order valence-electron chi connectivity index (χ4n) is 2.69. The summed E-state index contributed by atoms with van der Waals surface area (Å²) in [5.74, 6) is 1.18. The average Bonchev–Trinajstić information content (AvgIpc) is 3.03. The molecule has 5 heteroatoms. The van der Waals surface area contributed by atoms with Gasteiger partial charge in [-0.25, -0.2) is 0 Å². The highest BCUT2D eigenvalue weighted by Gasteiger charge is 2.22. The molecule has 4 nitrogen and oxygen atoms in total. The van der Waals surface area contributed by atoms with Gasteiger partial charge in [-0.15, -0.1) is 0 Å². The minimum Gasteiger partial charge on any atom is -0.468 e. The van der Waals surface area contributed by atoms with Crippen LogP contribution in [0.2, 0.25) is 0 Å². The minimum absolute atomic E-state index is 0.199. The number of amides is 1. The van der Waals surface area contributed by atoms with E-state index in [1.165, 1.54) is 0 Å². The molecular formula is C17H19BrN2O2. The molecule has 0 radical (unpaired) electrons. The van der Waals surface area contributed by atoms with Crippen molar-refractivity contribution < 1.29 is 9.21 Å². The van der Waals surface area contributed by atoms with E-state index in [9.17, 15) is 4.79 Å². The van der Waals surface area contributed by atoms with Crippen molar-refractivity contribution in [1.29, 1.82) is 0 Å². The molecule has 0 saturated carbocycles. The first kappa shape index (κ1) is 15.3. The summed E-state index contributed by atoms with van der Waals surface area (Å²) in [6, 6.07) is 11.8. The van der Waals surface area contributed by atoms with Crippen molar-refractivity contribution in [3.05, 3.63) is 58.5 Å². The van der Waals surface area contributed by atoms with E-state index < -0.39 is 0 Å². The predicted molar refractivity (Wildman–Crippen MR) is 88.4 cm³/mol. The number of carbonyl (C=O) groups is 1. The maximum atomic E-state index is 12.4. The van der Waals surface area contributed by atoms with Gasteiger partial charge in [-0.05, 0) is 23.8 Å². The molecule has 2 heterocycles. The van der Waals surface area contributed by atoms with Gasteiger partial charge in [0.15, 0.2) is 0 Å². The lowest BCUT2D eigenvalue weighted by Crippen LogP contribution is -2.48. The Kier molecular flexibility index (Phi) is 4.95. The SMILES string of the molecule is O=C(Cc1ccccc1Br)N1CCN(Cc2ccco2)CC1. The van der Waals surface area contributed by atoms with Gasteiger partial charge in [-0.2, -0.15) is 0 Å². The van der Waals surface area contributed by atoms with Crippen molar-refractivity contribution in [2.45, 2.75) is 13.0 Å². The van der Waals surface area contributed by atoms with Gasteiger partial charge < -0.3 is 9.32 Å². The Balaban J connectivity index is 1.50. The number of rotatable bonds is 4. The number of hydrogen-bond acceptors (Lipinski definition) is 3. The third kappa shape index (κ3) is 3.78. The van der Waals surface area contributed by atoms with Crippen LogP contribution in [0.1, 0.15) is 11.3 Å². The molecule has 0 atom stereocenters. The summed E-state index contributed by atoms with van der Waals surface area (Å²) in [7, 11) is 0. The van der Waals surface area contributed by atoms with E-state index in [1.807, 2.05) is 41.3 Å². The second-order valence-corrected chi connectivity index (χ2v) is 6.36. The van der Waals surface area contributed by atoms with Crippen molar-refractivity contribution >= 4 is 21.8 Å². The Morgan fingerprint density at radius 1 is 1.09 bits per heavy atom. The molecule has 0 N–H and O–H groups in total. The number of hydrogen-bond donors (Lipinski definition) is 0. The largest absolute Gasteiger partial charge is 0.468 e. The fourth-order valence-corrected chi connectivity index (χ4v) is 3.12. The van der Waals surface area contributed by atoms with Crippen LogP contribution in [-0.4, -0.2) is 41.9 Å². The molecular weight excluding hydrogens is 344 g/mol. The zero-order chi connectivity index (χ0) is 15.4. The van der Waals surface area contributed by atoms with Crippen LogP contribution in [0.3, 0.4) is 0 Å². The lowest BCUT2D eigenvalue weighted by Gasteiger charge is -2.34. The van der Waals surface area contributed by atoms with E-state index in [-0.39, 0.29) is 5.91 Å². The van der Waals surface area contributed by atoms with Crippen LogP contribution in [-0.2, 0) is 17.8 Å². The second kappa shape index (κ2) is 7.11. The van der Waals surface area contributed by atoms with Crippen LogP contribution in [0.5, 0.6) is 0 Å². The lowest BCUT2D eigenvalue weighted by molar-refractivity contribution is -0.132. The topological polar surface area (TPSA) is 36.7 Å². The number of carbonyl (C=O) groups excluding carboxylic acids is 1. The van der Waals surface area contributed by atoms with Crippen LogP contribution in [0.25, 0.3) is 0 Å². The van der Waals surface area contributed by atoms with Crippen LogP contribution < -0.4 is 0 Å². The normalized spacial score (nSPS) is 16.0. The molecule has 1 saturated heterocycles. The molecule has 22 heavy (non-hydrogen) atoms. The molecule has 1 aliphatic heterocycles. The van der Waals surface area contributed by atoms with Gasteiger partial charge in [0.05, 0.1) is 19.2 Å². The van der Waals surface area contributed by atoms with Gasteiger partial charge >= 0.3 is 0 Å². The zero-order valence-corrected chi connectivity index (χ0v) is 14.0. The van der Waals surface area contributed by atoms with Gasteiger partial charge in [0.1, 0.15) is 5.76 Å². The van der Waals surface area contributed by atoms with Crippen LogP contribution in [0.15, 0.2) is 51.6 Å². The molecule has 1 amide bonds. The van der Waals surface area contributed by atoms with Crippen molar-refractivity contribution in [1.82, 2.24) is 9.80 Å². The molecule has 1 aromatic carbocycles. The highest BCUT2D eigenvalue weighted by molar-refractivity contribution is 9.10. The molecule has 0 bridgehead atoms. The number of benzene rings is 1. The van der Waals surface area contributed by atoms with Gasteiger partial charge in [-0.3, -0.25) is 9.69 Å².